The fourth-order valence-electron chi connectivity index (χ4n) is 1.22. The van der Waals surface area contributed by atoms with Crippen LogP contribution in [-0.2, 0) is 0 Å². The summed E-state index contributed by atoms with van der Waals surface area (Å²) in [5.41, 5.74) is 2.97. The minimum Gasteiger partial charge on any atom is -0.254 e. The molecule has 0 aromatic carbocycles. The molecule has 0 amide bonds. The van der Waals surface area contributed by atoms with Gasteiger partial charge in [-0.05, 0) is 25.5 Å². The van der Waals surface area contributed by atoms with E-state index in [-0.39, 0.29) is 0 Å². The molecule has 0 bridgehead atoms. The van der Waals surface area contributed by atoms with Gasteiger partial charge >= 0.3 is 0 Å². The van der Waals surface area contributed by atoms with Crippen LogP contribution >= 0.6 is 0 Å². The lowest BCUT2D eigenvalue weighted by Gasteiger charge is -1.98. The van der Waals surface area contributed by atoms with Crippen molar-refractivity contribution in [2.45, 2.75) is 13.8 Å². The molecule has 12 heavy (non-hydrogen) atoms. The van der Waals surface area contributed by atoms with E-state index in [0.29, 0.717) is 0 Å². The van der Waals surface area contributed by atoms with E-state index < -0.39 is 0 Å². The lowest BCUT2D eigenvalue weighted by molar-refractivity contribution is 0.994. The normalized spacial score (nSPS) is 10.5. The van der Waals surface area contributed by atoms with E-state index in [9.17, 15) is 0 Å². The number of hydrogen-bond acceptors (Lipinski definition) is 3. The lowest BCUT2D eigenvalue weighted by Crippen LogP contribution is -1.90. The van der Waals surface area contributed by atoms with E-state index in [4.69, 9.17) is 0 Å². The van der Waals surface area contributed by atoms with Crippen LogP contribution in [0.4, 0.5) is 0 Å². The standard InChI is InChI=1S/C9H9N3/c1-6-3-8-5-11-12-7(2)9(8)10-4-6/h3-5H,1-2H3. The van der Waals surface area contributed by atoms with Crippen molar-refractivity contribution in [3.05, 3.63) is 29.7 Å². The van der Waals surface area contributed by atoms with E-state index in [1.807, 2.05) is 20.0 Å². The highest BCUT2D eigenvalue weighted by atomic mass is 15.1. The molecular formula is C9H9N3. The number of aromatic nitrogens is 3. The number of hydrogen-bond donors (Lipinski definition) is 0. The molecule has 0 unspecified atom stereocenters. The van der Waals surface area contributed by atoms with Crippen LogP contribution in [-0.4, -0.2) is 15.2 Å². The number of nitrogens with zero attached hydrogens (tertiary/aromatic N) is 3. The Morgan fingerprint density at radius 3 is 2.83 bits per heavy atom. The highest BCUT2D eigenvalue weighted by Gasteiger charge is 1.98. The van der Waals surface area contributed by atoms with Crippen molar-refractivity contribution in [1.29, 1.82) is 0 Å². The van der Waals surface area contributed by atoms with Crippen molar-refractivity contribution in [2.75, 3.05) is 0 Å². The van der Waals surface area contributed by atoms with Crippen LogP contribution in [0.2, 0.25) is 0 Å². The summed E-state index contributed by atoms with van der Waals surface area (Å²) in [7, 11) is 0. The van der Waals surface area contributed by atoms with Crippen LogP contribution in [0.5, 0.6) is 0 Å². The summed E-state index contributed by atoms with van der Waals surface area (Å²) in [5, 5.41) is 8.85. The molecule has 60 valence electrons. The minimum absolute atomic E-state index is 0.882. The molecule has 0 fully saturated rings. The van der Waals surface area contributed by atoms with Gasteiger partial charge < -0.3 is 0 Å². The zero-order valence-corrected chi connectivity index (χ0v) is 7.07. The molecule has 2 aromatic rings. The Kier molecular flexibility index (Phi) is 1.50. The molecule has 0 N–H and O–H groups in total. The second-order valence-corrected chi connectivity index (χ2v) is 2.88. The molecule has 2 heterocycles. The summed E-state index contributed by atoms with van der Waals surface area (Å²) in [5.74, 6) is 0. The summed E-state index contributed by atoms with van der Waals surface area (Å²) >= 11 is 0. The molecule has 0 atom stereocenters. The molecule has 0 spiro atoms. The van der Waals surface area contributed by atoms with Gasteiger partial charge in [-0.3, -0.25) is 4.98 Å². The van der Waals surface area contributed by atoms with E-state index >= 15 is 0 Å². The van der Waals surface area contributed by atoms with Gasteiger partial charge in [0.05, 0.1) is 17.4 Å². The van der Waals surface area contributed by atoms with Crippen molar-refractivity contribution in [1.82, 2.24) is 15.2 Å². The number of aryl methyl sites for hydroxylation is 2. The van der Waals surface area contributed by atoms with E-state index in [2.05, 4.69) is 21.2 Å². The van der Waals surface area contributed by atoms with Crippen LogP contribution in [0.1, 0.15) is 11.3 Å². The zero-order valence-electron chi connectivity index (χ0n) is 7.07. The van der Waals surface area contributed by atoms with Crippen LogP contribution in [0, 0.1) is 13.8 Å². The summed E-state index contributed by atoms with van der Waals surface area (Å²) in [6.45, 7) is 3.93. The third-order valence-corrected chi connectivity index (χ3v) is 1.80. The second kappa shape index (κ2) is 2.52. The van der Waals surface area contributed by atoms with Gasteiger partial charge in [-0.1, -0.05) is 0 Å². The highest BCUT2D eigenvalue weighted by molar-refractivity contribution is 5.79. The van der Waals surface area contributed by atoms with Crippen molar-refractivity contribution in [3.8, 4) is 0 Å². The first kappa shape index (κ1) is 7.16. The predicted octanol–water partition coefficient (Wildman–Crippen LogP) is 1.64. The van der Waals surface area contributed by atoms with Gasteiger partial charge in [0.2, 0.25) is 0 Å². The Morgan fingerprint density at radius 2 is 2.00 bits per heavy atom. The lowest BCUT2D eigenvalue weighted by atomic mass is 10.2. The molecule has 3 heteroatoms. The number of fused-ring (bicyclic) bond motifs is 1. The van der Waals surface area contributed by atoms with Gasteiger partial charge in [-0.15, -0.1) is 0 Å². The van der Waals surface area contributed by atoms with Gasteiger partial charge in [0.25, 0.3) is 0 Å². The largest absolute Gasteiger partial charge is 0.254 e. The second-order valence-electron chi connectivity index (χ2n) is 2.88. The summed E-state index contributed by atoms with van der Waals surface area (Å²) in [4.78, 5) is 4.28. The van der Waals surface area contributed by atoms with E-state index in [0.717, 1.165) is 22.2 Å². The average molecular weight is 159 g/mol. The quantitative estimate of drug-likeness (QED) is 0.586. The van der Waals surface area contributed by atoms with Crippen molar-refractivity contribution in [2.24, 2.45) is 0 Å². The van der Waals surface area contributed by atoms with Gasteiger partial charge in [0.15, 0.2) is 0 Å². The number of rotatable bonds is 0. The Bertz CT molecular complexity index is 423. The van der Waals surface area contributed by atoms with E-state index in [1.54, 1.807) is 6.20 Å². The summed E-state index contributed by atoms with van der Waals surface area (Å²) in [6.07, 6.45) is 3.58. The molecule has 0 saturated heterocycles. The average Bonchev–Trinajstić information content (AvgIpc) is 2.04. The van der Waals surface area contributed by atoms with Crippen molar-refractivity contribution in [3.63, 3.8) is 0 Å². The van der Waals surface area contributed by atoms with Crippen LogP contribution in [0.3, 0.4) is 0 Å². The molecular weight excluding hydrogens is 150 g/mol. The fourth-order valence-corrected chi connectivity index (χ4v) is 1.22. The van der Waals surface area contributed by atoms with E-state index in [1.165, 1.54) is 0 Å². The van der Waals surface area contributed by atoms with Crippen LogP contribution in [0.25, 0.3) is 10.9 Å². The van der Waals surface area contributed by atoms with Gasteiger partial charge in [0.1, 0.15) is 0 Å². The maximum Gasteiger partial charge on any atom is 0.0948 e. The first-order valence-corrected chi connectivity index (χ1v) is 3.82. The topological polar surface area (TPSA) is 38.7 Å². The fraction of sp³-hybridized carbons (Fsp3) is 0.222. The first-order valence-electron chi connectivity index (χ1n) is 3.82. The maximum absolute atomic E-state index is 4.28. The molecule has 0 aliphatic heterocycles. The molecule has 0 radical (unpaired) electrons. The molecule has 2 rings (SSSR count). The molecule has 0 aliphatic carbocycles. The van der Waals surface area contributed by atoms with Crippen molar-refractivity contribution < 1.29 is 0 Å². The summed E-state index contributed by atoms with van der Waals surface area (Å²) in [6, 6.07) is 2.06. The highest BCUT2D eigenvalue weighted by Crippen LogP contribution is 2.12. The van der Waals surface area contributed by atoms with Crippen molar-refractivity contribution >= 4 is 10.9 Å². The Balaban J connectivity index is 2.86. The third kappa shape index (κ3) is 1.03. The van der Waals surface area contributed by atoms with Gasteiger partial charge in [-0.25, -0.2) is 0 Å². The summed E-state index contributed by atoms with van der Waals surface area (Å²) < 4.78 is 0. The molecule has 3 nitrogen and oxygen atoms in total. The minimum atomic E-state index is 0.882. The number of pyridine rings is 1. The third-order valence-electron chi connectivity index (χ3n) is 1.80. The van der Waals surface area contributed by atoms with Gasteiger partial charge in [0, 0.05) is 11.6 Å². The SMILES string of the molecule is Cc1cnc2c(C)nncc2c1. The monoisotopic (exact) mass is 159 g/mol. The molecule has 0 saturated carbocycles. The van der Waals surface area contributed by atoms with Crippen LogP contribution in [0.15, 0.2) is 18.5 Å². The predicted molar refractivity (Wildman–Crippen MR) is 46.8 cm³/mol. The maximum atomic E-state index is 4.28. The van der Waals surface area contributed by atoms with Crippen LogP contribution < -0.4 is 0 Å². The molecule has 2 aromatic heterocycles. The Hall–Kier alpha value is -1.51. The first-order chi connectivity index (χ1) is 5.77. The smallest absolute Gasteiger partial charge is 0.0948 e. The molecule has 0 aliphatic rings. The Labute approximate surface area is 70.5 Å². The Morgan fingerprint density at radius 1 is 1.17 bits per heavy atom. The zero-order chi connectivity index (χ0) is 8.55. The van der Waals surface area contributed by atoms with Gasteiger partial charge in [-0.2, -0.15) is 10.2 Å².